The highest BCUT2D eigenvalue weighted by Gasteiger charge is 2.49. The van der Waals surface area contributed by atoms with Crippen LogP contribution in [-0.4, -0.2) is 11.9 Å². The lowest BCUT2D eigenvalue weighted by molar-refractivity contribution is -0.137. The van der Waals surface area contributed by atoms with Gasteiger partial charge in [0.2, 0.25) is 5.91 Å². The van der Waals surface area contributed by atoms with Gasteiger partial charge in [0, 0.05) is 6.04 Å². The monoisotopic (exact) mass is 362 g/mol. The summed E-state index contributed by atoms with van der Waals surface area (Å²) < 4.78 is 38.4. The van der Waals surface area contributed by atoms with Crippen LogP contribution in [0.25, 0.3) is 0 Å². The third-order valence-electron chi connectivity index (χ3n) is 5.36. The Morgan fingerprint density at radius 2 is 1.96 bits per heavy atom. The molecule has 5 unspecified atom stereocenters. The summed E-state index contributed by atoms with van der Waals surface area (Å²) in [4.78, 5) is 12.5. The van der Waals surface area contributed by atoms with Crippen molar-refractivity contribution in [1.82, 2.24) is 5.32 Å². The lowest BCUT2D eigenvalue weighted by Crippen LogP contribution is -2.45. The first-order valence-electron chi connectivity index (χ1n) is 8.00. The van der Waals surface area contributed by atoms with E-state index in [9.17, 15) is 18.0 Å². The molecule has 7 heteroatoms. The maximum atomic E-state index is 12.8. The van der Waals surface area contributed by atoms with Crippen molar-refractivity contribution in [3.8, 4) is 0 Å². The number of nitrogens with one attached hydrogen (secondary N) is 1. The molecular formula is C17H22ClF3N2O. The van der Waals surface area contributed by atoms with Gasteiger partial charge in [0.1, 0.15) is 0 Å². The number of rotatable bonds is 3. The van der Waals surface area contributed by atoms with Gasteiger partial charge in [0.25, 0.3) is 0 Å². The number of halogens is 4. The van der Waals surface area contributed by atoms with Gasteiger partial charge < -0.3 is 11.1 Å². The van der Waals surface area contributed by atoms with Gasteiger partial charge in [0.05, 0.1) is 17.5 Å². The summed E-state index contributed by atoms with van der Waals surface area (Å²) in [5, 5.41) is 2.85. The number of carbonyl (C=O) groups is 1. The van der Waals surface area contributed by atoms with Gasteiger partial charge in [-0.25, -0.2) is 0 Å². The molecule has 1 aromatic carbocycles. The highest BCUT2D eigenvalue weighted by Crippen LogP contribution is 2.47. The maximum absolute atomic E-state index is 12.8. The van der Waals surface area contributed by atoms with Crippen LogP contribution in [0.5, 0.6) is 0 Å². The van der Waals surface area contributed by atoms with E-state index >= 15 is 0 Å². The van der Waals surface area contributed by atoms with Crippen molar-refractivity contribution in [3.05, 3.63) is 35.4 Å². The standard InChI is InChI=1S/C17H21F3N2O.ClH/c1-9(10-3-2-4-13(8-10)17(18,19)20)22-16(23)14-11-5-6-12(7-11)15(14)21;/h2-4,8-9,11-12,14-15H,5-7,21H2,1H3,(H,22,23);1H. The number of carbonyl (C=O) groups excluding carboxylic acids is 1. The van der Waals surface area contributed by atoms with E-state index in [4.69, 9.17) is 5.73 Å². The lowest BCUT2D eigenvalue weighted by Gasteiger charge is -2.28. The smallest absolute Gasteiger partial charge is 0.349 e. The maximum Gasteiger partial charge on any atom is 0.416 e. The van der Waals surface area contributed by atoms with Crippen molar-refractivity contribution in [3.63, 3.8) is 0 Å². The van der Waals surface area contributed by atoms with Crippen LogP contribution in [0.15, 0.2) is 24.3 Å². The third kappa shape index (κ3) is 3.54. The van der Waals surface area contributed by atoms with Crippen LogP contribution in [0.1, 0.15) is 43.4 Å². The Morgan fingerprint density at radius 1 is 1.29 bits per heavy atom. The number of fused-ring (bicyclic) bond motifs is 2. The Hall–Kier alpha value is -1.27. The van der Waals surface area contributed by atoms with Gasteiger partial charge in [-0.15, -0.1) is 12.4 Å². The predicted octanol–water partition coefficient (Wildman–Crippen LogP) is 3.68. The van der Waals surface area contributed by atoms with Gasteiger partial charge in [-0.1, -0.05) is 12.1 Å². The molecule has 134 valence electrons. The van der Waals surface area contributed by atoms with E-state index in [-0.39, 0.29) is 30.3 Å². The molecule has 2 aliphatic carbocycles. The molecular weight excluding hydrogens is 341 g/mol. The van der Waals surface area contributed by atoms with E-state index in [1.54, 1.807) is 13.0 Å². The van der Waals surface area contributed by atoms with Gasteiger partial charge in [-0.3, -0.25) is 4.79 Å². The van der Waals surface area contributed by atoms with Crippen LogP contribution >= 0.6 is 12.4 Å². The van der Waals surface area contributed by atoms with Crippen molar-refractivity contribution >= 4 is 18.3 Å². The molecule has 1 amide bonds. The summed E-state index contributed by atoms with van der Waals surface area (Å²) in [5.74, 6) is 0.403. The Morgan fingerprint density at radius 3 is 2.54 bits per heavy atom. The van der Waals surface area contributed by atoms with Crippen LogP contribution in [0.2, 0.25) is 0 Å². The van der Waals surface area contributed by atoms with Gasteiger partial charge in [-0.05, 0) is 55.7 Å². The van der Waals surface area contributed by atoms with Crippen LogP contribution in [-0.2, 0) is 11.0 Å². The molecule has 0 saturated heterocycles. The molecule has 2 saturated carbocycles. The second-order valence-electron chi connectivity index (χ2n) is 6.79. The Kier molecular flexibility index (Phi) is 5.50. The van der Waals surface area contributed by atoms with E-state index in [0.717, 1.165) is 31.4 Å². The van der Waals surface area contributed by atoms with Crippen molar-refractivity contribution in [2.45, 2.75) is 44.4 Å². The second kappa shape index (κ2) is 6.92. The first-order chi connectivity index (χ1) is 10.8. The number of hydrogen-bond acceptors (Lipinski definition) is 2. The lowest BCUT2D eigenvalue weighted by atomic mass is 9.84. The number of nitrogens with two attached hydrogens (primary N) is 1. The second-order valence-corrected chi connectivity index (χ2v) is 6.79. The fourth-order valence-corrected chi connectivity index (χ4v) is 4.10. The molecule has 24 heavy (non-hydrogen) atoms. The first-order valence-corrected chi connectivity index (χ1v) is 8.00. The average Bonchev–Trinajstić information content (AvgIpc) is 3.07. The highest BCUT2D eigenvalue weighted by atomic mass is 35.5. The van der Waals surface area contributed by atoms with Crippen LogP contribution < -0.4 is 11.1 Å². The Balaban J connectivity index is 0.00000208. The molecule has 0 heterocycles. The minimum absolute atomic E-state index is 0. The SMILES string of the molecule is CC(NC(=O)C1C2CCC(C2)C1N)c1cccc(C(F)(F)F)c1.Cl. The van der Waals surface area contributed by atoms with Crippen molar-refractivity contribution in [2.75, 3.05) is 0 Å². The molecule has 3 N–H and O–H groups in total. The number of hydrogen-bond donors (Lipinski definition) is 2. The predicted molar refractivity (Wildman–Crippen MR) is 87.5 cm³/mol. The summed E-state index contributed by atoms with van der Waals surface area (Å²) in [6.07, 6.45) is -1.28. The van der Waals surface area contributed by atoms with E-state index in [0.29, 0.717) is 17.4 Å². The molecule has 0 radical (unpaired) electrons. The Labute approximate surface area is 145 Å². The molecule has 2 fully saturated rings. The molecule has 1 aromatic rings. The average molecular weight is 363 g/mol. The normalized spacial score (nSPS) is 29.9. The minimum Gasteiger partial charge on any atom is -0.349 e. The van der Waals surface area contributed by atoms with Gasteiger partial charge >= 0.3 is 6.18 Å². The van der Waals surface area contributed by atoms with Crippen LogP contribution in [0, 0.1) is 17.8 Å². The quantitative estimate of drug-likeness (QED) is 0.861. The summed E-state index contributed by atoms with van der Waals surface area (Å²) in [5.41, 5.74) is 5.90. The third-order valence-corrected chi connectivity index (χ3v) is 5.36. The number of amides is 1. The van der Waals surface area contributed by atoms with Gasteiger partial charge in [-0.2, -0.15) is 13.2 Å². The summed E-state index contributed by atoms with van der Waals surface area (Å²) in [7, 11) is 0. The summed E-state index contributed by atoms with van der Waals surface area (Å²) in [6.45, 7) is 1.70. The number of benzene rings is 1. The van der Waals surface area contributed by atoms with Crippen molar-refractivity contribution in [2.24, 2.45) is 23.5 Å². The van der Waals surface area contributed by atoms with Crippen LogP contribution in [0.4, 0.5) is 13.2 Å². The zero-order valence-corrected chi connectivity index (χ0v) is 14.2. The molecule has 3 nitrogen and oxygen atoms in total. The topological polar surface area (TPSA) is 55.1 Å². The van der Waals surface area contributed by atoms with E-state index in [1.807, 2.05) is 0 Å². The largest absolute Gasteiger partial charge is 0.416 e. The zero-order chi connectivity index (χ0) is 16.8. The summed E-state index contributed by atoms with van der Waals surface area (Å²) in [6, 6.07) is 4.49. The molecule has 5 atom stereocenters. The fraction of sp³-hybridized carbons (Fsp3) is 0.588. The van der Waals surface area contributed by atoms with Gasteiger partial charge in [0.15, 0.2) is 0 Å². The highest BCUT2D eigenvalue weighted by molar-refractivity contribution is 5.85. The number of alkyl halides is 3. The zero-order valence-electron chi connectivity index (χ0n) is 13.3. The molecule has 3 rings (SSSR count). The van der Waals surface area contributed by atoms with Crippen LogP contribution in [0.3, 0.4) is 0 Å². The van der Waals surface area contributed by atoms with E-state index < -0.39 is 17.8 Å². The minimum atomic E-state index is -4.38. The summed E-state index contributed by atoms with van der Waals surface area (Å²) >= 11 is 0. The molecule has 0 aromatic heterocycles. The van der Waals surface area contributed by atoms with E-state index in [1.165, 1.54) is 6.07 Å². The molecule has 0 spiro atoms. The van der Waals surface area contributed by atoms with Crippen molar-refractivity contribution < 1.29 is 18.0 Å². The van der Waals surface area contributed by atoms with E-state index in [2.05, 4.69) is 5.32 Å². The van der Waals surface area contributed by atoms with Crippen molar-refractivity contribution in [1.29, 1.82) is 0 Å². The fourth-order valence-electron chi connectivity index (χ4n) is 4.10. The first kappa shape index (κ1) is 19.1. The molecule has 2 bridgehead atoms. The molecule has 2 aliphatic rings. The molecule has 0 aliphatic heterocycles. The Bertz CT molecular complexity index is 606.